The summed E-state index contributed by atoms with van der Waals surface area (Å²) in [5.41, 5.74) is 2.09. The Balaban J connectivity index is 1.49. The molecular weight excluding hydrogens is 334 g/mol. The SMILES string of the molecule is Cc1cccc(OCCCSc2n[nH]c(=O)n2Cc2ccccc2)c1. The van der Waals surface area contributed by atoms with Crippen molar-refractivity contribution in [3.05, 3.63) is 76.2 Å². The van der Waals surface area contributed by atoms with Crippen LogP contribution in [0.15, 0.2) is 64.5 Å². The molecule has 1 N–H and O–H groups in total. The Labute approximate surface area is 151 Å². The van der Waals surface area contributed by atoms with E-state index < -0.39 is 0 Å². The molecule has 0 aliphatic carbocycles. The van der Waals surface area contributed by atoms with Crippen molar-refractivity contribution in [1.82, 2.24) is 14.8 Å². The van der Waals surface area contributed by atoms with E-state index in [-0.39, 0.29) is 5.69 Å². The highest BCUT2D eigenvalue weighted by atomic mass is 32.2. The molecule has 6 heteroatoms. The highest BCUT2D eigenvalue weighted by molar-refractivity contribution is 7.99. The number of hydrogen-bond donors (Lipinski definition) is 1. The fraction of sp³-hybridized carbons (Fsp3) is 0.263. The van der Waals surface area contributed by atoms with Gasteiger partial charge in [-0.1, -0.05) is 54.2 Å². The molecule has 3 aromatic rings. The van der Waals surface area contributed by atoms with Crippen molar-refractivity contribution < 1.29 is 4.74 Å². The summed E-state index contributed by atoms with van der Waals surface area (Å²) in [7, 11) is 0. The van der Waals surface area contributed by atoms with E-state index in [1.807, 2.05) is 61.5 Å². The van der Waals surface area contributed by atoms with Crippen molar-refractivity contribution in [2.24, 2.45) is 0 Å². The summed E-state index contributed by atoms with van der Waals surface area (Å²) in [5, 5.41) is 7.38. The molecule has 0 aliphatic rings. The molecule has 2 aromatic carbocycles. The maximum absolute atomic E-state index is 12.0. The highest BCUT2D eigenvalue weighted by Crippen LogP contribution is 2.17. The fourth-order valence-corrected chi connectivity index (χ4v) is 3.29. The van der Waals surface area contributed by atoms with E-state index in [0.717, 1.165) is 23.5 Å². The maximum Gasteiger partial charge on any atom is 0.344 e. The van der Waals surface area contributed by atoms with Crippen LogP contribution in [0.4, 0.5) is 0 Å². The Bertz CT molecular complexity index is 858. The normalized spacial score (nSPS) is 10.8. The van der Waals surface area contributed by atoms with Gasteiger partial charge in [-0.2, -0.15) is 0 Å². The third-order valence-electron chi connectivity index (χ3n) is 3.68. The van der Waals surface area contributed by atoms with Crippen LogP contribution in [-0.4, -0.2) is 27.1 Å². The van der Waals surface area contributed by atoms with E-state index in [9.17, 15) is 4.79 Å². The van der Waals surface area contributed by atoms with Crippen LogP contribution in [0.2, 0.25) is 0 Å². The molecule has 25 heavy (non-hydrogen) atoms. The van der Waals surface area contributed by atoms with Crippen LogP contribution in [0.5, 0.6) is 5.75 Å². The van der Waals surface area contributed by atoms with Crippen LogP contribution in [0.25, 0.3) is 0 Å². The van der Waals surface area contributed by atoms with Gasteiger partial charge >= 0.3 is 5.69 Å². The summed E-state index contributed by atoms with van der Waals surface area (Å²) >= 11 is 1.57. The lowest BCUT2D eigenvalue weighted by Gasteiger charge is -2.07. The summed E-state index contributed by atoms with van der Waals surface area (Å²) in [6.07, 6.45) is 0.880. The molecule has 0 fully saturated rings. The highest BCUT2D eigenvalue weighted by Gasteiger charge is 2.09. The summed E-state index contributed by atoms with van der Waals surface area (Å²) in [4.78, 5) is 12.0. The number of thioether (sulfide) groups is 1. The van der Waals surface area contributed by atoms with Gasteiger partial charge in [-0.3, -0.25) is 4.57 Å². The number of aromatic nitrogens is 3. The van der Waals surface area contributed by atoms with Gasteiger partial charge in [0.05, 0.1) is 13.2 Å². The maximum atomic E-state index is 12.0. The number of aryl methyl sites for hydroxylation is 1. The van der Waals surface area contributed by atoms with Gasteiger partial charge in [0.25, 0.3) is 0 Å². The predicted octanol–water partition coefficient (Wildman–Crippen LogP) is 3.49. The summed E-state index contributed by atoms with van der Waals surface area (Å²) in [5.74, 6) is 1.73. The second-order valence-corrected chi connectivity index (χ2v) is 6.81. The molecule has 0 aliphatic heterocycles. The molecule has 0 spiro atoms. The molecule has 0 bridgehead atoms. The van der Waals surface area contributed by atoms with Crippen LogP contribution >= 0.6 is 11.8 Å². The van der Waals surface area contributed by atoms with Crippen molar-refractivity contribution in [2.75, 3.05) is 12.4 Å². The van der Waals surface area contributed by atoms with E-state index in [1.165, 1.54) is 5.56 Å². The van der Waals surface area contributed by atoms with Crippen molar-refractivity contribution in [1.29, 1.82) is 0 Å². The lowest BCUT2D eigenvalue weighted by atomic mass is 10.2. The quantitative estimate of drug-likeness (QED) is 0.496. The molecule has 0 saturated carbocycles. The number of nitrogens with zero attached hydrogens (tertiary/aromatic N) is 2. The third kappa shape index (κ3) is 5.00. The first-order chi connectivity index (χ1) is 12.2. The van der Waals surface area contributed by atoms with Gasteiger partial charge in [0, 0.05) is 5.75 Å². The average Bonchev–Trinajstić information content (AvgIpc) is 2.96. The third-order valence-corrected chi connectivity index (χ3v) is 4.75. The Morgan fingerprint density at radius 3 is 2.80 bits per heavy atom. The zero-order valence-electron chi connectivity index (χ0n) is 14.1. The summed E-state index contributed by atoms with van der Waals surface area (Å²) < 4.78 is 7.41. The predicted molar refractivity (Wildman–Crippen MR) is 100 cm³/mol. The molecule has 130 valence electrons. The second-order valence-electron chi connectivity index (χ2n) is 5.75. The van der Waals surface area contributed by atoms with Crippen LogP contribution in [0.1, 0.15) is 17.5 Å². The molecule has 3 rings (SSSR count). The first-order valence-corrected chi connectivity index (χ1v) is 9.22. The molecule has 0 saturated heterocycles. The number of hydrogen-bond acceptors (Lipinski definition) is 4. The van der Waals surface area contributed by atoms with Gasteiger partial charge in [0.1, 0.15) is 5.75 Å². The molecule has 1 aromatic heterocycles. The Hall–Kier alpha value is -2.47. The Morgan fingerprint density at radius 2 is 2.00 bits per heavy atom. The molecule has 1 heterocycles. The minimum atomic E-state index is -0.178. The summed E-state index contributed by atoms with van der Waals surface area (Å²) in [6, 6.07) is 17.9. The molecule has 0 unspecified atom stereocenters. The largest absolute Gasteiger partial charge is 0.494 e. The van der Waals surface area contributed by atoms with Gasteiger partial charge in [-0.15, -0.1) is 5.10 Å². The number of nitrogens with one attached hydrogen (secondary N) is 1. The number of benzene rings is 2. The van der Waals surface area contributed by atoms with E-state index in [1.54, 1.807) is 16.3 Å². The van der Waals surface area contributed by atoms with E-state index in [2.05, 4.69) is 10.2 Å². The molecule has 0 radical (unpaired) electrons. The molecule has 0 atom stereocenters. The van der Waals surface area contributed by atoms with E-state index in [0.29, 0.717) is 18.3 Å². The lowest BCUT2D eigenvalue weighted by Crippen LogP contribution is -2.18. The first-order valence-electron chi connectivity index (χ1n) is 8.24. The fourth-order valence-electron chi connectivity index (χ4n) is 2.44. The van der Waals surface area contributed by atoms with Crippen molar-refractivity contribution >= 4 is 11.8 Å². The minimum Gasteiger partial charge on any atom is -0.494 e. The average molecular weight is 355 g/mol. The standard InChI is InChI=1S/C19H21N3O2S/c1-15-7-5-10-17(13-15)24-11-6-12-25-19-21-20-18(23)22(19)14-16-8-3-2-4-9-16/h2-5,7-10,13H,6,11-12,14H2,1H3,(H,20,23). The van der Waals surface area contributed by atoms with Crippen molar-refractivity contribution in [3.63, 3.8) is 0 Å². The first kappa shape index (κ1) is 17.4. The molecule has 5 nitrogen and oxygen atoms in total. The van der Waals surface area contributed by atoms with Crippen LogP contribution in [-0.2, 0) is 6.54 Å². The molecular formula is C19H21N3O2S. The second kappa shape index (κ2) is 8.58. The van der Waals surface area contributed by atoms with Gasteiger partial charge in [0.2, 0.25) is 0 Å². The van der Waals surface area contributed by atoms with E-state index >= 15 is 0 Å². The van der Waals surface area contributed by atoms with Crippen LogP contribution < -0.4 is 10.4 Å². The number of H-pyrrole nitrogens is 1. The lowest BCUT2D eigenvalue weighted by molar-refractivity contribution is 0.318. The zero-order valence-corrected chi connectivity index (χ0v) is 15.0. The number of aromatic amines is 1. The van der Waals surface area contributed by atoms with Crippen molar-refractivity contribution in [2.45, 2.75) is 25.0 Å². The number of ether oxygens (including phenoxy) is 1. The number of rotatable bonds is 8. The Kier molecular flexibility index (Phi) is 5.95. The van der Waals surface area contributed by atoms with Gasteiger partial charge in [0.15, 0.2) is 5.16 Å². The zero-order chi connectivity index (χ0) is 17.5. The molecule has 0 amide bonds. The summed E-state index contributed by atoms with van der Waals surface area (Å²) in [6.45, 7) is 3.22. The Morgan fingerprint density at radius 1 is 1.16 bits per heavy atom. The smallest absolute Gasteiger partial charge is 0.344 e. The topological polar surface area (TPSA) is 59.9 Å². The van der Waals surface area contributed by atoms with Gasteiger partial charge in [-0.05, 0) is 36.6 Å². The van der Waals surface area contributed by atoms with Crippen LogP contribution in [0, 0.1) is 6.92 Å². The monoisotopic (exact) mass is 355 g/mol. The van der Waals surface area contributed by atoms with Gasteiger partial charge < -0.3 is 4.74 Å². The minimum absolute atomic E-state index is 0.178. The van der Waals surface area contributed by atoms with Gasteiger partial charge in [-0.25, -0.2) is 9.89 Å². The van der Waals surface area contributed by atoms with Crippen LogP contribution in [0.3, 0.4) is 0 Å². The van der Waals surface area contributed by atoms with Crippen molar-refractivity contribution in [3.8, 4) is 5.75 Å². The van der Waals surface area contributed by atoms with E-state index in [4.69, 9.17) is 4.74 Å².